The number of nitrogens with zero attached hydrogens (tertiary/aromatic N) is 1. The number of hydrogen-bond acceptors (Lipinski definition) is 5. The zero-order chi connectivity index (χ0) is 26.2. The number of hydrogen-bond donors (Lipinski definition) is 0. The number of benzene rings is 2. The fourth-order valence-corrected chi connectivity index (χ4v) is 5.10. The Morgan fingerprint density at radius 2 is 1.86 bits per heavy atom. The Morgan fingerprint density at radius 1 is 1.14 bits per heavy atom. The molecule has 0 bridgehead atoms. The van der Waals surface area contributed by atoms with Crippen LogP contribution in [0.15, 0.2) is 54.6 Å². The van der Waals surface area contributed by atoms with E-state index in [1.807, 2.05) is 58.0 Å². The second-order valence-electron chi connectivity index (χ2n) is 10.7. The maximum Gasteiger partial charge on any atom is 0.308 e. The number of esters is 1. The lowest BCUT2D eigenvalue weighted by Gasteiger charge is -2.39. The van der Waals surface area contributed by atoms with Crippen molar-refractivity contribution >= 4 is 22.9 Å². The third-order valence-electron chi connectivity index (χ3n) is 6.68. The molecule has 2 fully saturated rings. The molecule has 1 aliphatic heterocycles. The lowest BCUT2D eigenvalue weighted by atomic mass is 9.92. The molecular weight excluding hydrogens is 469 g/mol. The molecule has 5 rings (SSSR count). The van der Waals surface area contributed by atoms with Crippen LogP contribution in [0, 0.1) is 5.82 Å². The van der Waals surface area contributed by atoms with Gasteiger partial charge in [0.25, 0.3) is 0 Å². The van der Waals surface area contributed by atoms with Gasteiger partial charge < -0.3 is 14.2 Å². The van der Waals surface area contributed by atoms with E-state index in [2.05, 4.69) is 18.2 Å². The molecule has 1 aromatic heterocycles. The van der Waals surface area contributed by atoms with E-state index < -0.39 is 5.79 Å². The number of carbonyl (C=O) groups excluding carboxylic acids is 1. The summed E-state index contributed by atoms with van der Waals surface area (Å²) in [6.07, 6.45) is 6.36. The summed E-state index contributed by atoms with van der Waals surface area (Å²) >= 11 is 0. The number of para-hydroxylation sites is 1. The van der Waals surface area contributed by atoms with Crippen LogP contribution >= 0.6 is 0 Å². The van der Waals surface area contributed by atoms with E-state index in [1.165, 1.54) is 12.1 Å². The molecule has 2 heterocycles. The second-order valence-corrected chi connectivity index (χ2v) is 10.7. The van der Waals surface area contributed by atoms with Crippen LogP contribution in [0.25, 0.3) is 28.1 Å². The SMILES string of the molecule is CC(C)OC(=O)C[C@H]1C[C@@H](C=Cc2c(C3CC3)nc3ccccc3c2-c2ccc(F)cc2)OC(C)(C)O1. The summed E-state index contributed by atoms with van der Waals surface area (Å²) in [4.78, 5) is 17.4. The molecule has 0 amide bonds. The van der Waals surface area contributed by atoms with Gasteiger partial charge in [0.1, 0.15) is 5.82 Å². The minimum absolute atomic E-state index is 0.165. The van der Waals surface area contributed by atoms with Crippen molar-refractivity contribution < 1.29 is 23.4 Å². The van der Waals surface area contributed by atoms with Crippen molar-refractivity contribution in [1.29, 1.82) is 0 Å². The van der Waals surface area contributed by atoms with Crippen molar-refractivity contribution in [3.05, 3.63) is 71.7 Å². The largest absolute Gasteiger partial charge is 0.463 e. The normalized spacial score (nSPS) is 21.6. The predicted molar refractivity (Wildman–Crippen MR) is 142 cm³/mol. The smallest absolute Gasteiger partial charge is 0.308 e. The number of carbonyl (C=O) groups is 1. The zero-order valence-corrected chi connectivity index (χ0v) is 21.9. The molecule has 1 saturated heterocycles. The van der Waals surface area contributed by atoms with Crippen molar-refractivity contribution in [2.45, 2.75) is 83.4 Å². The standard InChI is InChI=1S/C31H34FNO4/c1-19(2)35-28(34)18-24-17-23(36-31(3,4)37-24)15-16-26-29(20-11-13-22(32)14-12-20)25-7-5-6-8-27(25)33-30(26)21-9-10-21/h5-8,11-16,19,21,23-24H,9-10,17-18H2,1-4H3/t23-,24-/m1/s1. The summed E-state index contributed by atoms with van der Waals surface area (Å²) < 4.78 is 31.4. The van der Waals surface area contributed by atoms with E-state index in [4.69, 9.17) is 19.2 Å². The first-order chi connectivity index (χ1) is 17.7. The Kier molecular flexibility index (Phi) is 7.15. The average molecular weight is 504 g/mol. The van der Waals surface area contributed by atoms with Crippen molar-refractivity contribution in [1.82, 2.24) is 4.98 Å². The molecule has 0 unspecified atom stereocenters. The van der Waals surface area contributed by atoms with Crippen molar-refractivity contribution in [2.24, 2.45) is 0 Å². The first-order valence-corrected chi connectivity index (χ1v) is 13.1. The summed E-state index contributed by atoms with van der Waals surface area (Å²) in [7, 11) is 0. The first-order valence-electron chi connectivity index (χ1n) is 13.1. The minimum Gasteiger partial charge on any atom is -0.463 e. The van der Waals surface area contributed by atoms with Crippen LogP contribution in [0.5, 0.6) is 0 Å². The Hall–Kier alpha value is -3.09. The van der Waals surface area contributed by atoms with Crippen LogP contribution in [0.2, 0.25) is 0 Å². The second kappa shape index (κ2) is 10.3. The lowest BCUT2D eigenvalue weighted by molar-refractivity contribution is -0.290. The molecule has 1 aliphatic carbocycles. The number of halogens is 1. The highest BCUT2D eigenvalue weighted by Crippen LogP contribution is 2.45. The molecule has 0 N–H and O–H groups in total. The Labute approximate surface area is 217 Å². The van der Waals surface area contributed by atoms with E-state index in [-0.39, 0.29) is 36.5 Å². The molecule has 1 saturated carbocycles. The summed E-state index contributed by atoms with van der Waals surface area (Å²) in [6.45, 7) is 7.41. The average Bonchev–Trinajstić information content (AvgIpc) is 3.66. The van der Waals surface area contributed by atoms with Gasteiger partial charge in [0.2, 0.25) is 0 Å². The van der Waals surface area contributed by atoms with Gasteiger partial charge in [-0.2, -0.15) is 0 Å². The fraction of sp³-hybridized carbons (Fsp3) is 0.419. The number of aromatic nitrogens is 1. The molecular formula is C31H34FNO4. The van der Waals surface area contributed by atoms with E-state index in [0.29, 0.717) is 12.3 Å². The molecule has 5 nitrogen and oxygen atoms in total. The summed E-state index contributed by atoms with van der Waals surface area (Å²) in [6, 6.07) is 14.8. The molecule has 0 spiro atoms. The number of fused-ring (bicyclic) bond motifs is 1. The molecule has 6 heteroatoms. The van der Waals surface area contributed by atoms with Gasteiger partial charge in [-0.15, -0.1) is 0 Å². The highest BCUT2D eigenvalue weighted by Gasteiger charge is 2.36. The molecule has 3 aromatic rings. The van der Waals surface area contributed by atoms with Gasteiger partial charge >= 0.3 is 5.97 Å². The zero-order valence-electron chi connectivity index (χ0n) is 21.9. The Bertz CT molecular complexity index is 1310. The molecule has 194 valence electrons. The highest BCUT2D eigenvalue weighted by molar-refractivity contribution is 5.99. The van der Waals surface area contributed by atoms with Gasteiger partial charge in [-0.05, 0) is 64.3 Å². The van der Waals surface area contributed by atoms with Crippen LogP contribution < -0.4 is 0 Å². The van der Waals surface area contributed by atoms with Crippen LogP contribution in [-0.2, 0) is 19.0 Å². The lowest BCUT2D eigenvalue weighted by Crippen LogP contribution is -2.44. The summed E-state index contributed by atoms with van der Waals surface area (Å²) in [5, 5.41) is 1.03. The summed E-state index contributed by atoms with van der Waals surface area (Å²) in [5.74, 6) is -0.958. The van der Waals surface area contributed by atoms with E-state index in [0.717, 1.165) is 46.1 Å². The van der Waals surface area contributed by atoms with Crippen LogP contribution in [0.1, 0.15) is 70.6 Å². The number of pyridine rings is 1. The quantitative estimate of drug-likeness (QED) is 0.320. The number of ether oxygens (including phenoxy) is 3. The fourth-order valence-electron chi connectivity index (χ4n) is 5.10. The van der Waals surface area contributed by atoms with Crippen molar-refractivity contribution in [3.63, 3.8) is 0 Å². The highest BCUT2D eigenvalue weighted by atomic mass is 19.1. The first kappa shape index (κ1) is 25.6. The molecule has 2 aliphatic rings. The molecule has 0 radical (unpaired) electrons. The van der Waals surface area contributed by atoms with Crippen LogP contribution in [0.3, 0.4) is 0 Å². The van der Waals surface area contributed by atoms with Crippen molar-refractivity contribution in [2.75, 3.05) is 0 Å². The molecule has 2 atom stereocenters. The van der Waals surface area contributed by atoms with Gasteiger partial charge in [-0.1, -0.05) is 42.5 Å². The topological polar surface area (TPSA) is 57.7 Å². The van der Waals surface area contributed by atoms with E-state index >= 15 is 0 Å². The van der Waals surface area contributed by atoms with Gasteiger partial charge in [0, 0.05) is 28.9 Å². The van der Waals surface area contributed by atoms with Crippen LogP contribution in [-0.4, -0.2) is 35.1 Å². The van der Waals surface area contributed by atoms with Gasteiger partial charge in [-0.3, -0.25) is 9.78 Å². The monoisotopic (exact) mass is 503 g/mol. The maximum atomic E-state index is 13.8. The Balaban J connectivity index is 1.52. The third-order valence-corrected chi connectivity index (χ3v) is 6.68. The Morgan fingerprint density at radius 3 is 2.57 bits per heavy atom. The van der Waals surface area contributed by atoms with Crippen LogP contribution in [0.4, 0.5) is 4.39 Å². The molecule has 37 heavy (non-hydrogen) atoms. The molecule has 2 aromatic carbocycles. The number of rotatable bonds is 7. The third kappa shape index (κ3) is 6.08. The van der Waals surface area contributed by atoms with E-state index in [9.17, 15) is 9.18 Å². The van der Waals surface area contributed by atoms with Gasteiger partial charge in [0.15, 0.2) is 5.79 Å². The van der Waals surface area contributed by atoms with Gasteiger partial charge in [0.05, 0.1) is 35.9 Å². The summed E-state index contributed by atoms with van der Waals surface area (Å²) in [5.41, 5.74) is 5.04. The van der Waals surface area contributed by atoms with Gasteiger partial charge in [-0.25, -0.2) is 4.39 Å². The maximum absolute atomic E-state index is 13.8. The van der Waals surface area contributed by atoms with Crippen molar-refractivity contribution in [3.8, 4) is 11.1 Å². The minimum atomic E-state index is -0.837. The van der Waals surface area contributed by atoms with E-state index in [1.54, 1.807) is 0 Å². The predicted octanol–water partition coefficient (Wildman–Crippen LogP) is 7.18.